The second-order valence-corrected chi connectivity index (χ2v) is 8.36. The highest BCUT2D eigenvalue weighted by Gasteiger charge is 2.16. The van der Waals surface area contributed by atoms with Gasteiger partial charge in [-0.25, -0.2) is 5.43 Å². The van der Waals surface area contributed by atoms with E-state index in [2.05, 4.69) is 34.6 Å². The minimum absolute atomic E-state index is 0.0661. The van der Waals surface area contributed by atoms with Crippen LogP contribution in [0.15, 0.2) is 76.8 Å². The molecule has 3 rings (SSSR count). The molecule has 0 fully saturated rings. The lowest BCUT2D eigenvalue weighted by Gasteiger charge is -2.20. The van der Waals surface area contributed by atoms with Gasteiger partial charge in [0.15, 0.2) is 0 Å². The fraction of sp³-hybridized carbons (Fsp3) is 0.160. The Morgan fingerprint density at radius 3 is 2.39 bits per heavy atom. The van der Waals surface area contributed by atoms with Gasteiger partial charge >= 0.3 is 0 Å². The first-order valence-electron chi connectivity index (χ1n) is 10.5. The zero-order valence-corrected chi connectivity index (χ0v) is 20.0. The van der Waals surface area contributed by atoms with E-state index in [1.54, 1.807) is 36.6 Å². The number of carbonyl (C=O) groups excluding carboxylic acids is 2. The Balaban J connectivity index is 1.71. The third-order valence-corrected chi connectivity index (χ3v) is 5.99. The molecule has 1 aromatic heterocycles. The molecule has 0 bridgehead atoms. The Morgan fingerprint density at radius 2 is 1.76 bits per heavy atom. The summed E-state index contributed by atoms with van der Waals surface area (Å²) in [6, 6.07) is 18.3. The number of anilines is 1. The van der Waals surface area contributed by atoms with Gasteiger partial charge in [0, 0.05) is 23.7 Å². The Hall–Kier alpha value is -3.42. The van der Waals surface area contributed by atoms with Gasteiger partial charge in [-0.15, -0.1) is 11.3 Å². The highest BCUT2D eigenvalue weighted by Crippen LogP contribution is 2.17. The molecule has 33 heavy (non-hydrogen) atoms. The Bertz CT molecular complexity index is 1140. The topological polar surface area (TPSA) is 73.8 Å². The van der Waals surface area contributed by atoms with E-state index in [9.17, 15) is 9.59 Å². The lowest BCUT2D eigenvalue weighted by atomic mass is 10.2. The summed E-state index contributed by atoms with van der Waals surface area (Å²) in [5.41, 5.74) is 4.80. The van der Waals surface area contributed by atoms with Crippen LogP contribution in [0, 0.1) is 0 Å². The fourth-order valence-electron chi connectivity index (χ4n) is 3.09. The van der Waals surface area contributed by atoms with Crippen LogP contribution >= 0.6 is 22.9 Å². The Morgan fingerprint density at radius 1 is 1.03 bits per heavy atom. The van der Waals surface area contributed by atoms with Crippen LogP contribution in [0.3, 0.4) is 0 Å². The van der Waals surface area contributed by atoms with Crippen molar-refractivity contribution < 1.29 is 9.59 Å². The predicted octanol–water partition coefficient (Wildman–Crippen LogP) is 5.17. The Labute approximate surface area is 202 Å². The van der Waals surface area contributed by atoms with Crippen molar-refractivity contribution in [3.05, 3.63) is 92.8 Å². The number of amides is 2. The van der Waals surface area contributed by atoms with E-state index in [0.717, 1.165) is 29.2 Å². The van der Waals surface area contributed by atoms with Gasteiger partial charge in [-0.1, -0.05) is 41.9 Å². The molecular weight excluding hydrogens is 456 g/mol. The van der Waals surface area contributed by atoms with Crippen LogP contribution in [0.5, 0.6) is 0 Å². The number of thiophene rings is 1. The first-order valence-corrected chi connectivity index (χ1v) is 11.8. The molecule has 0 unspecified atom stereocenters. The number of nitrogens with one attached hydrogen (secondary N) is 2. The number of hydrogen-bond acceptors (Lipinski definition) is 5. The number of carbonyl (C=O) groups is 2. The van der Waals surface area contributed by atoms with Crippen molar-refractivity contribution in [2.24, 2.45) is 5.10 Å². The number of hydrogen-bond donors (Lipinski definition) is 2. The molecule has 3 aromatic rings. The van der Waals surface area contributed by atoms with Crippen molar-refractivity contribution in [1.29, 1.82) is 0 Å². The normalized spacial score (nSPS) is 11.4. The number of halogens is 1. The van der Waals surface area contributed by atoms with Crippen molar-refractivity contribution in [2.75, 3.05) is 18.0 Å². The van der Waals surface area contributed by atoms with Crippen LogP contribution < -0.4 is 15.6 Å². The molecule has 170 valence electrons. The van der Waals surface area contributed by atoms with E-state index in [0.29, 0.717) is 5.02 Å². The summed E-state index contributed by atoms with van der Waals surface area (Å²) in [5.74, 6) is -1.02. The summed E-state index contributed by atoms with van der Waals surface area (Å²) in [7, 11) is 0. The van der Waals surface area contributed by atoms with E-state index in [1.807, 2.05) is 41.8 Å². The van der Waals surface area contributed by atoms with Crippen LogP contribution in [0.25, 0.3) is 6.08 Å². The Kier molecular flexibility index (Phi) is 8.80. The number of rotatable bonds is 9. The lowest BCUT2D eigenvalue weighted by molar-refractivity contribution is -0.117. The molecule has 0 spiro atoms. The van der Waals surface area contributed by atoms with Crippen LogP contribution in [0.4, 0.5) is 5.69 Å². The largest absolute Gasteiger partial charge is 0.372 e. The van der Waals surface area contributed by atoms with Gasteiger partial charge in [0.2, 0.25) is 0 Å². The molecule has 0 aliphatic rings. The van der Waals surface area contributed by atoms with Crippen molar-refractivity contribution in [3.63, 3.8) is 0 Å². The molecule has 0 saturated heterocycles. The van der Waals surface area contributed by atoms with Crippen LogP contribution in [-0.4, -0.2) is 31.1 Å². The molecular formula is C25H25ClN4O2S. The van der Waals surface area contributed by atoms with E-state index in [-0.39, 0.29) is 11.3 Å². The highest BCUT2D eigenvalue weighted by molar-refractivity contribution is 7.10. The molecule has 0 saturated carbocycles. The van der Waals surface area contributed by atoms with Crippen LogP contribution in [0.1, 0.15) is 34.6 Å². The summed E-state index contributed by atoms with van der Waals surface area (Å²) in [6.07, 6.45) is 3.16. The van der Waals surface area contributed by atoms with Crippen molar-refractivity contribution in [1.82, 2.24) is 10.7 Å². The van der Waals surface area contributed by atoms with Crippen molar-refractivity contribution in [2.45, 2.75) is 13.8 Å². The fourth-order valence-corrected chi connectivity index (χ4v) is 3.97. The van der Waals surface area contributed by atoms with E-state index < -0.39 is 11.8 Å². The van der Waals surface area contributed by atoms with Crippen LogP contribution in [-0.2, 0) is 4.79 Å². The molecule has 2 aromatic carbocycles. The minimum atomic E-state index is -0.542. The summed E-state index contributed by atoms with van der Waals surface area (Å²) in [6.45, 7) is 6.08. The van der Waals surface area contributed by atoms with Crippen LogP contribution in [0.2, 0.25) is 5.02 Å². The monoisotopic (exact) mass is 480 g/mol. The standard InChI is InChI=1S/C25H25ClN4O2S/c1-3-30(4-2)19-13-11-18(12-14-19)17-27-29-25(32)23(16-20-8-7-15-33-20)28-24(31)21-9-5-6-10-22(21)26/h5-17H,3-4H2,1-2H3,(H,28,31)(H,29,32)/b23-16+,27-17-. The van der Waals surface area contributed by atoms with Gasteiger partial charge < -0.3 is 10.2 Å². The molecule has 0 atom stereocenters. The molecule has 8 heteroatoms. The third-order valence-electron chi connectivity index (χ3n) is 4.84. The zero-order valence-electron chi connectivity index (χ0n) is 18.4. The van der Waals surface area contributed by atoms with Gasteiger partial charge in [0.1, 0.15) is 5.70 Å². The summed E-state index contributed by atoms with van der Waals surface area (Å²) >= 11 is 7.57. The molecule has 0 aliphatic heterocycles. The molecule has 1 heterocycles. The minimum Gasteiger partial charge on any atom is -0.372 e. The average molecular weight is 481 g/mol. The first kappa shape index (κ1) is 24.2. The molecule has 2 N–H and O–H groups in total. The summed E-state index contributed by atoms with van der Waals surface area (Å²) in [5, 5.41) is 8.89. The molecule has 6 nitrogen and oxygen atoms in total. The van der Waals surface area contributed by atoms with Gasteiger partial charge in [-0.05, 0) is 61.2 Å². The summed E-state index contributed by atoms with van der Waals surface area (Å²) in [4.78, 5) is 28.5. The van der Waals surface area contributed by atoms with Crippen molar-refractivity contribution in [3.8, 4) is 0 Å². The molecule has 2 amide bonds. The highest BCUT2D eigenvalue weighted by atomic mass is 35.5. The third kappa shape index (κ3) is 6.78. The van der Waals surface area contributed by atoms with E-state index in [1.165, 1.54) is 11.3 Å². The van der Waals surface area contributed by atoms with E-state index in [4.69, 9.17) is 11.6 Å². The number of benzene rings is 2. The van der Waals surface area contributed by atoms with Gasteiger partial charge in [0.05, 0.1) is 16.8 Å². The maximum absolute atomic E-state index is 12.8. The second kappa shape index (κ2) is 12.0. The number of hydrazone groups is 1. The lowest BCUT2D eigenvalue weighted by Crippen LogP contribution is -2.33. The number of nitrogens with zero attached hydrogens (tertiary/aromatic N) is 2. The van der Waals surface area contributed by atoms with Gasteiger partial charge in [0.25, 0.3) is 11.8 Å². The van der Waals surface area contributed by atoms with E-state index >= 15 is 0 Å². The van der Waals surface area contributed by atoms with Crippen molar-refractivity contribution >= 4 is 52.7 Å². The average Bonchev–Trinajstić information content (AvgIpc) is 3.34. The SMILES string of the molecule is CCN(CC)c1ccc(/C=N\NC(=O)/C(=C\c2cccs2)NC(=O)c2ccccc2Cl)cc1. The van der Waals surface area contributed by atoms with Gasteiger partial charge in [-0.3, -0.25) is 9.59 Å². The zero-order chi connectivity index (χ0) is 23.6. The molecule has 0 aliphatic carbocycles. The van der Waals surface area contributed by atoms with Gasteiger partial charge in [-0.2, -0.15) is 5.10 Å². The first-order chi connectivity index (χ1) is 16.0. The smallest absolute Gasteiger partial charge is 0.287 e. The second-order valence-electron chi connectivity index (χ2n) is 6.97. The quantitative estimate of drug-likeness (QED) is 0.252. The predicted molar refractivity (Wildman–Crippen MR) is 137 cm³/mol. The molecule has 0 radical (unpaired) electrons. The summed E-state index contributed by atoms with van der Waals surface area (Å²) < 4.78 is 0. The maximum atomic E-state index is 12.8. The maximum Gasteiger partial charge on any atom is 0.287 e.